The van der Waals surface area contributed by atoms with E-state index in [2.05, 4.69) is 15.8 Å². The summed E-state index contributed by atoms with van der Waals surface area (Å²) in [6.07, 6.45) is 2.41. The Kier molecular flexibility index (Phi) is 6.81. The second kappa shape index (κ2) is 8.68. The molecule has 20 heavy (non-hydrogen) atoms. The molecule has 2 N–H and O–H groups in total. The van der Waals surface area contributed by atoms with Crippen molar-refractivity contribution in [2.24, 2.45) is 5.10 Å². The lowest BCUT2D eigenvalue weighted by Gasteiger charge is -2.03. The minimum absolute atomic E-state index is 0.398. The Labute approximate surface area is 118 Å². The predicted molar refractivity (Wildman–Crippen MR) is 76.6 cm³/mol. The molecule has 0 atom stereocenters. The third-order valence-corrected chi connectivity index (χ3v) is 2.28. The average Bonchev–Trinajstić information content (AvgIpc) is 2.46. The van der Waals surface area contributed by atoms with E-state index in [1.165, 1.54) is 6.21 Å². The maximum atomic E-state index is 11.2. The minimum Gasteiger partial charge on any atom is -0.494 e. The van der Waals surface area contributed by atoms with Gasteiger partial charge in [0.05, 0.1) is 12.8 Å². The van der Waals surface area contributed by atoms with Crippen molar-refractivity contribution in [3.63, 3.8) is 0 Å². The number of rotatable bonds is 6. The van der Waals surface area contributed by atoms with Crippen molar-refractivity contribution in [1.29, 1.82) is 0 Å². The van der Waals surface area contributed by atoms with Crippen molar-refractivity contribution in [1.82, 2.24) is 10.7 Å². The SMILES string of the molecule is CCCOc1ccc(/C=N\NC(=O)C(=O)NCC)cc1. The lowest BCUT2D eigenvalue weighted by atomic mass is 10.2. The number of hydrogen-bond donors (Lipinski definition) is 2. The van der Waals surface area contributed by atoms with Crippen LogP contribution in [0.4, 0.5) is 0 Å². The third kappa shape index (κ3) is 5.51. The molecule has 1 rings (SSSR count). The predicted octanol–water partition coefficient (Wildman–Crippen LogP) is 1.06. The average molecular weight is 277 g/mol. The highest BCUT2D eigenvalue weighted by Crippen LogP contribution is 2.11. The van der Waals surface area contributed by atoms with E-state index >= 15 is 0 Å². The van der Waals surface area contributed by atoms with Gasteiger partial charge in [0.15, 0.2) is 0 Å². The van der Waals surface area contributed by atoms with Crippen LogP contribution in [-0.4, -0.2) is 31.2 Å². The molecule has 0 saturated heterocycles. The molecular weight excluding hydrogens is 258 g/mol. The lowest BCUT2D eigenvalue weighted by Crippen LogP contribution is -2.37. The summed E-state index contributed by atoms with van der Waals surface area (Å²) in [5.74, 6) is -0.700. The van der Waals surface area contributed by atoms with Gasteiger partial charge in [0.1, 0.15) is 5.75 Å². The smallest absolute Gasteiger partial charge is 0.329 e. The van der Waals surface area contributed by atoms with Crippen molar-refractivity contribution in [3.05, 3.63) is 29.8 Å². The van der Waals surface area contributed by atoms with Crippen molar-refractivity contribution < 1.29 is 14.3 Å². The van der Waals surface area contributed by atoms with Gasteiger partial charge in [-0.15, -0.1) is 0 Å². The molecule has 1 aromatic rings. The Morgan fingerprint density at radius 2 is 1.90 bits per heavy atom. The van der Waals surface area contributed by atoms with Gasteiger partial charge < -0.3 is 10.1 Å². The fourth-order valence-electron chi connectivity index (χ4n) is 1.33. The second-order valence-corrected chi connectivity index (χ2v) is 3.98. The van der Waals surface area contributed by atoms with E-state index in [-0.39, 0.29) is 0 Å². The van der Waals surface area contributed by atoms with Crippen LogP contribution in [0.1, 0.15) is 25.8 Å². The van der Waals surface area contributed by atoms with Gasteiger partial charge in [-0.25, -0.2) is 5.43 Å². The Bertz CT molecular complexity index is 469. The first kappa shape index (κ1) is 15.7. The zero-order chi connectivity index (χ0) is 14.8. The number of ether oxygens (including phenoxy) is 1. The highest BCUT2D eigenvalue weighted by atomic mass is 16.5. The van der Waals surface area contributed by atoms with E-state index in [4.69, 9.17) is 4.74 Å². The van der Waals surface area contributed by atoms with Crippen LogP contribution in [0.5, 0.6) is 5.75 Å². The van der Waals surface area contributed by atoms with E-state index in [0.29, 0.717) is 13.2 Å². The summed E-state index contributed by atoms with van der Waals surface area (Å²) >= 11 is 0. The van der Waals surface area contributed by atoms with Crippen LogP contribution >= 0.6 is 0 Å². The van der Waals surface area contributed by atoms with Crippen molar-refractivity contribution >= 4 is 18.0 Å². The van der Waals surface area contributed by atoms with Gasteiger partial charge in [0.25, 0.3) is 0 Å². The molecular formula is C14H19N3O3. The van der Waals surface area contributed by atoms with Crippen LogP contribution in [0.3, 0.4) is 0 Å². The Morgan fingerprint density at radius 3 is 2.50 bits per heavy atom. The number of carbonyl (C=O) groups excluding carboxylic acids is 2. The topological polar surface area (TPSA) is 79.8 Å². The molecule has 0 fully saturated rings. The number of nitrogens with zero attached hydrogens (tertiary/aromatic N) is 1. The molecule has 0 saturated carbocycles. The number of hydrazone groups is 1. The molecule has 1 aromatic carbocycles. The number of likely N-dealkylation sites (N-methyl/N-ethyl adjacent to an activating group) is 1. The molecule has 108 valence electrons. The molecule has 6 nitrogen and oxygen atoms in total. The van der Waals surface area contributed by atoms with Crippen molar-refractivity contribution in [3.8, 4) is 5.75 Å². The van der Waals surface area contributed by atoms with Crippen molar-refractivity contribution in [2.75, 3.05) is 13.2 Å². The Morgan fingerprint density at radius 1 is 1.20 bits per heavy atom. The number of carbonyl (C=O) groups is 2. The van der Waals surface area contributed by atoms with E-state index in [9.17, 15) is 9.59 Å². The number of nitrogens with one attached hydrogen (secondary N) is 2. The van der Waals surface area contributed by atoms with E-state index < -0.39 is 11.8 Å². The second-order valence-electron chi connectivity index (χ2n) is 3.98. The monoisotopic (exact) mass is 277 g/mol. The molecule has 0 aliphatic heterocycles. The molecule has 0 aliphatic carbocycles. The molecule has 0 aliphatic rings. The Hall–Kier alpha value is -2.37. The van der Waals surface area contributed by atoms with Gasteiger partial charge in [0, 0.05) is 6.54 Å². The summed E-state index contributed by atoms with van der Waals surface area (Å²) in [5.41, 5.74) is 2.95. The lowest BCUT2D eigenvalue weighted by molar-refractivity contribution is -0.139. The maximum absolute atomic E-state index is 11.2. The molecule has 0 aromatic heterocycles. The maximum Gasteiger partial charge on any atom is 0.329 e. The number of benzene rings is 1. The fraction of sp³-hybridized carbons (Fsp3) is 0.357. The normalized spacial score (nSPS) is 10.3. The van der Waals surface area contributed by atoms with E-state index in [1.54, 1.807) is 6.92 Å². The highest BCUT2D eigenvalue weighted by molar-refractivity contribution is 6.35. The van der Waals surface area contributed by atoms with Crippen LogP contribution in [0.2, 0.25) is 0 Å². The first-order chi connectivity index (χ1) is 9.67. The molecule has 0 bridgehead atoms. The molecule has 0 heterocycles. The van der Waals surface area contributed by atoms with Crippen LogP contribution < -0.4 is 15.5 Å². The molecule has 0 spiro atoms. The summed E-state index contributed by atoms with van der Waals surface area (Å²) in [5, 5.41) is 6.09. The van der Waals surface area contributed by atoms with Crippen molar-refractivity contribution in [2.45, 2.75) is 20.3 Å². The van der Waals surface area contributed by atoms with Crippen LogP contribution in [-0.2, 0) is 9.59 Å². The molecule has 0 unspecified atom stereocenters. The summed E-state index contributed by atoms with van der Waals surface area (Å²) in [6.45, 7) is 4.85. The summed E-state index contributed by atoms with van der Waals surface area (Å²) in [4.78, 5) is 22.4. The van der Waals surface area contributed by atoms with Crippen LogP contribution in [0.25, 0.3) is 0 Å². The summed E-state index contributed by atoms with van der Waals surface area (Å²) < 4.78 is 5.44. The zero-order valence-electron chi connectivity index (χ0n) is 11.7. The number of hydrogen-bond acceptors (Lipinski definition) is 4. The van der Waals surface area contributed by atoms with Gasteiger partial charge in [-0.1, -0.05) is 6.92 Å². The third-order valence-electron chi connectivity index (χ3n) is 2.28. The van der Waals surface area contributed by atoms with Gasteiger partial charge >= 0.3 is 11.8 Å². The quantitative estimate of drug-likeness (QED) is 0.463. The summed E-state index contributed by atoms with van der Waals surface area (Å²) in [6, 6.07) is 7.27. The van der Waals surface area contributed by atoms with E-state index in [0.717, 1.165) is 17.7 Å². The van der Waals surface area contributed by atoms with E-state index in [1.807, 2.05) is 31.2 Å². The zero-order valence-corrected chi connectivity index (χ0v) is 11.7. The van der Waals surface area contributed by atoms with Gasteiger partial charge in [-0.05, 0) is 43.2 Å². The van der Waals surface area contributed by atoms with Crippen LogP contribution in [0, 0.1) is 0 Å². The Balaban J connectivity index is 2.46. The van der Waals surface area contributed by atoms with Gasteiger partial charge in [-0.2, -0.15) is 5.10 Å². The van der Waals surface area contributed by atoms with Gasteiger partial charge in [-0.3, -0.25) is 9.59 Å². The fourth-order valence-corrected chi connectivity index (χ4v) is 1.33. The molecule has 0 radical (unpaired) electrons. The highest BCUT2D eigenvalue weighted by Gasteiger charge is 2.09. The first-order valence-electron chi connectivity index (χ1n) is 6.51. The first-order valence-corrected chi connectivity index (χ1v) is 6.51. The summed E-state index contributed by atoms with van der Waals surface area (Å²) in [7, 11) is 0. The molecule has 2 amide bonds. The standard InChI is InChI=1S/C14H19N3O3/c1-3-9-20-12-7-5-11(6-8-12)10-16-17-14(19)13(18)15-4-2/h5-8,10H,3-4,9H2,1-2H3,(H,15,18)(H,17,19)/b16-10-. The minimum atomic E-state index is -0.786. The molecule has 6 heteroatoms. The van der Waals surface area contributed by atoms with Gasteiger partial charge in [0.2, 0.25) is 0 Å². The van der Waals surface area contributed by atoms with Crippen LogP contribution in [0.15, 0.2) is 29.4 Å². The number of amides is 2. The largest absolute Gasteiger partial charge is 0.494 e.